The fraction of sp³-hybridized carbons (Fsp3) is 0.625. The molecule has 19 heavy (non-hydrogen) atoms. The highest BCUT2D eigenvalue weighted by Gasteiger charge is 2.41. The van der Waals surface area contributed by atoms with Crippen molar-refractivity contribution in [3.63, 3.8) is 0 Å². The molecule has 1 fully saturated rings. The molecule has 0 spiro atoms. The SMILES string of the molecule is Cc1ccc(C(O)C2(N(C)C)CCCCC2)cc1F. The Morgan fingerprint density at radius 2 is 1.84 bits per heavy atom. The summed E-state index contributed by atoms with van der Waals surface area (Å²) >= 11 is 0. The van der Waals surface area contributed by atoms with Gasteiger partial charge >= 0.3 is 0 Å². The highest BCUT2D eigenvalue weighted by Crippen LogP contribution is 2.42. The number of hydrogen-bond donors (Lipinski definition) is 1. The summed E-state index contributed by atoms with van der Waals surface area (Å²) in [6.07, 6.45) is 4.79. The maximum absolute atomic E-state index is 13.7. The van der Waals surface area contributed by atoms with Gasteiger partial charge in [0.15, 0.2) is 0 Å². The lowest BCUT2D eigenvalue weighted by atomic mass is 9.74. The Kier molecular flexibility index (Phi) is 4.26. The summed E-state index contributed by atoms with van der Waals surface area (Å²) in [5.41, 5.74) is 1.07. The smallest absolute Gasteiger partial charge is 0.126 e. The lowest BCUT2D eigenvalue weighted by Crippen LogP contribution is -2.50. The summed E-state index contributed by atoms with van der Waals surface area (Å²) in [6.45, 7) is 1.74. The van der Waals surface area contributed by atoms with Crippen LogP contribution in [0.4, 0.5) is 4.39 Å². The molecular weight excluding hydrogens is 241 g/mol. The monoisotopic (exact) mass is 265 g/mol. The van der Waals surface area contributed by atoms with Gasteiger partial charge in [0.1, 0.15) is 5.82 Å². The number of aliphatic hydroxyl groups is 1. The highest BCUT2D eigenvalue weighted by molar-refractivity contribution is 5.27. The lowest BCUT2D eigenvalue weighted by Gasteiger charge is -2.46. The Balaban J connectivity index is 2.33. The lowest BCUT2D eigenvalue weighted by molar-refractivity contribution is -0.0337. The number of benzene rings is 1. The molecule has 1 saturated carbocycles. The molecule has 0 heterocycles. The Labute approximate surface area is 115 Å². The summed E-state index contributed by atoms with van der Waals surface area (Å²) in [5.74, 6) is -0.235. The average molecular weight is 265 g/mol. The van der Waals surface area contributed by atoms with Gasteiger partial charge in [-0.05, 0) is 51.1 Å². The normalized spacial score (nSPS) is 20.5. The first-order valence-corrected chi connectivity index (χ1v) is 7.09. The first-order valence-electron chi connectivity index (χ1n) is 7.09. The van der Waals surface area contributed by atoms with Crippen LogP contribution < -0.4 is 0 Å². The largest absolute Gasteiger partial charge is 0.386 e. The second-order valence-corrected chi connectivity index (χ2v) is 5.97. The minimum Gasteiger partial charge on any atom is -0.386 e. The third kappa shape index (κ3) is 2.67. The first-order chi connectivity index (χ1) is 8.97. The van der Waals surface area contributed by atoms with Gasteiger partial charge in [-0.15, -0.1) is 0 Å². The van der Waals surface area contributed by atoms with Crippen LogP contribution >= 0.6 is 0 Å². The van der Waals surface area contributed by atoms with E-state index < -0.39 is 6.10 Å². The fourth-order valence-electron chi connectivity index (χ4n) is 3.22. The van der Waals surface area contributed by atoms with E-state index in [9.17, 15) is 9.50 Å². The van der Waals surface area contributed by atoms with Crippen LogP contribution in [0.3, 0.4) is 0 Å². The molecule has 0 bridgehead atoms. The maximum Gasteiger partial charge on any atom is 0.126 e. The van der Waals surface area contributed by atoms with Gasteiger partial charge < -0.3 is 10.0 Å². The van der Waals surface area contributed by atoms with Crippen LogP contribution in [-0.4, -0.2) is 29.6 Å². The standard InChI is InChI=1S/C16H24FNO/c1-12-7-8-13(11-14(12)17)15(19)16(18(2)3)9-5-4-6-10-16/h7-8,11,15,19H,4-6,9-10H2,1-3H3. The number of aryl methyl sites for hydroxylation is 1. The van der Waals surface area contributed by atoms with E-state index in [1.165, 1.54) is 12.5 Å². The van der Waals surface area contributed by atoms with Crippen molar-refractivity contribution >= 4 is 0 Å². The predicted molar refractivity (Wildman–Crippen MR) is 75.6 cm³/mol. The summed E-state index contributed by atoms with van der Waals surface area (Å²) in [7, 11) is 4.03. The van der Waals surface area contributed by atoms with E-state index in [2.05, 4.69) is 4.90 Å². The van der Waals surface area contributed by atoms with Gasteiger partial charge in [0, 0.05) is 0 Å². The van der Waals surface area contributed by atoms with Crippen LogP contribution in [0.2, 0.25) is 0 Å². The van der Waals surface area contributed by atoms with Crippen LogP contribution in [0.1, 0.15) is 49.3 Å². The van der Waals surface area contributed by atoms with Crippen LogP contribution in [0.25, 0.3) is 0 Å². The second-order valence-electron chi connectivity index (χ2n) is 5.97. The average Bonchev–Trinajstić information content (AvgIpc) is 2.41. The summed E-state index contributed by atoms with van der Waals surface area (Å²) in [6, 6.07) is 5.09. The van der Waals surface area contributed by atoms with Crippen molar-refractivity contribution in [1.29, 1.82) is 0 Å². The van der Waals surface area contributed by atoms with E-state index in [1.807, 2.05) is 20.2 Å². The van der Waals surface area contributed by atoms with Gasteiger partial charge in [0.05, 0.1) is 11.6 Å². The van der Waals surface area contributed by atoms with Gasteiger partial charge in [-0.1, -0.05) is 31.4 Å². The van der Waals surface area contributed by atoms with Gasteiger partial charge in [0.2, 0.25) is 0 Å². The van der Waals surface area contributed by atoms with Gasteiger partial charge in [-0.2, -0.15) is 0 Å². The molecule has 1 N–H and O–H groups in total. The van der Waals surface area contributed by atoms with E-state index in [1.54, 1.807) is 13.0 Å². The van der Waals surface area contributed by atoms with E-state index in [0.717, 1.165) is 25.7 Å². The van der Waals surface area contributed by atoms with E-state index in [4.69, 9.17) is 0 Å². The Bertz CT molecular complexity index is 438. The van der Waals surface area contributed by atoms with E-state index in [0.29, 0.717) is 11.1 Å². The molecular formula is C16H24FNO. The molecule has 2 rings (SSSR count). The molecule has 1 aliphatic carbocycles. The molecule has 0 aromatic heterocycles. The van der Waals surface area contributed by atoms with Crippen LogP contribution in [0, 0.1) is 12.7 Å². The van der Waals surface area contributed by atoms with Crippen molar-refractivity contribution in [3.05, 3.63) is 35.1 Å². The summed E-state index contributed by atoms with van der Waals surface area (Å²) in [5, 5.41) is 10.8. The van der Waals surface area contributed by atoms with Crippen molar-refractivity contribution < 1.29 is 9.50 Å². The minimum atomic E-state index is -0.627. The molecule has 1 aliphatic rings. The van der Waals surface area contributed by atoms with Crippen LogP contribution in [0.5, 0.6) is 0 Å². The molecule has 0 amide bonds. The van der Waals surface area contributed by atoms with Crippen molar-refractivity contribution in [2.45, 2.75) is 50.7 Å². The molecule has 1 aromatic rings. The Hall–Kier alpha value is -0.930. The quantitative estimate of drug-likeness (QED) is 0.905. The number of likely N-dealkylation sites (N-methyl/N-ethyl adjacent to an activating group) is 1. The minimum absolute atomic E-state index is 0.235. The highest BCUT2D eigenvalue weighted by atomic mass is 19.1. The zero-order valence-corrected chi connectivity index (χ0v) is 12.1. The molecule has 1 atom stereocenters. The first kappa shape index (κ1) is 14.5. The van der Waals surface area contributed by atoms with Gasteiger partial charge in [-0.3, -0.25) is 0 Å². The summed E-state index contributed by atoms with van der Waals surface area (Å²) < 4.78 is 13.7. The molecule has 0 aliphatic heterocycles. The zero-order valence-electron chi connectivity index (χ0n) is 12.1. The summed E-state index contributed by atoms with van der Waals surface area (Å²) in [4.78, 5) is 2.12. The topological polar surface area (TPSA) is 23.5 Å². The predicted octanol–water partition coefficient (Wildman–Crippen LogP) is 3.43. The van der Waals surface area contributed by atoms with Crippen LogP contribution in [0.15, 0.2) is 18.2 Å². The molecule has 1 unspecified atom stereocenters. The van der Waals surface area contributed by atoms with Crippen LogP contribution in [-0.2, 0) is 0 Å². The van der Waals surface area contributed by atoms with E-state index >= 15 is 0 Å². The number of rotatable bonds is 3. The third-order valence-corrected chi connectivity index (χ3v) is 4.63. The molecule has 106 valence electrons. The molecule has 1 aromatic carbocycles. The van der Waals surface area contributed by atoms with Crippen molar-refractivity contribution in [1.82, 2.24) is 4.90 Å². The second kappa shape index (κ2) is 5.59. The molecule has 0 radical (unpaired) electrons. The fourth-order valence-corrected chi connectivity index (χ4v) is 3.22. The number of halogens is 1. The number of nitrogens with zero attached hydrogens (tertiary/aromatic N) is 1. The van der Waals surface area contributed by atoms with Gasteiger partial charge in [-0.25, -0.2) is 4.39 Å². The van der Waals surface area contributed by atoms with Crippen molar-refractivity contribution in [2.24, 2.45) is 0 Å². The van der Waals surface area contributed by atoms with E-state index in [-0.39, 0.29) is 11.4 Å². The number of aliphatic hydroxyl groups excluding tert-OH is 1. The Morgan fingerprint density at radius 3 is 2.37 bits per heavy atom. The Morgan fingerprint density at radius 1 is 1.21 bits per heavy atom. The molecule has 2 nitrogen and oxygen atoms in total. The van der Waals surface area contributed by atoms with Crippen molar-refractivity contribution in [2.75, 3.05) is 14.1 Å². The molecule has 3 heteroatoms. The third-order valence-electron chi connectivity index (χ3n) is 4.63. The zero-order chi connectivity index (χ0) is 14.0. The number of hydrogen-bond acceptors (Lipinski definition) is 2. The maximum atomic E-state index is 13.7. The molecule has 0 saturated heterocycles. The van der Waals surface area contributed by atoms with Gasteiger partial charge in [0.25, 0.3) is 0 Å². The van der Waals surface area contributed by atoms with Crippen molar-refractivity contribution in [3.8, 4) is 0 Å².